The second-order valence-electron chi connectivity index (χ2n) is 9.75. The first-order chi connectivity index (χ1) is 14.3. The number of hydrogen-bond donors (Lipinski definition) is 1. The molecule has 5 aliphatic rings. The smallest absolute Gasteiger partial charge is 0.270 e. The minimum atomic E-state index is -0.656. The van der Waals surface area contributed by atoms with Crippen LogP contribution in [0.3, 0.4) is 0 Å². The topological polar surface area (TPSA) is 110 Å². The van der Waals surface area contributed by atoms with E-state index in [9.17, 15) is 24.5 Å². The van der Waals surface area contributed by atoms with Crippen LogP contribution in [-0.4, -0.2) is 40.1 Å². The molecule has 1 N–H and O–H groups in total. The molecule has 8 nitrogen and oxygen atoms in total. The fraction of sp³-hybridized carbons (Fsp3) is 0.591. The summed E-state index contributed by atoms with van der Waals surface area (Å²) in [5, 5.41) is 14.0. The highest BCUT2D eigenvalue weighted by atomic mass is 16.6. The molecule has 1 aliphatic heterocycles. The van der Waals surface area contributed by atoms with Crippen molar-refractivity contribution in [2.75, 3.05) is 6.54 Å². The number of fused-ring (bicyclic) bond motifs is 1. The van der Waals surface area contributed by atoms with Crippen LogP contribution in [0.4, 0.5) is 5.69 Å². The molecule has 1 aromatic carbocycles. The van der Waals surface area contributed by atoms with Gasteiger partial charge in [0, 0.05) is 18.2 Å². The third kappa shape index (κ3) is 2.92. The molecule has 4 aliphatic carbocycles. The molecule has 158 valence electrons. The maximum absolute atomic E-state index is 12.8. The van der Waals surface area contributed by atoms with Crippen molar-refractivity contribution in [2.45, 2.75) is 51.5 Å². The number of carbonyl (C=O) groups excluding carboxylic acids is 3. The Morgan fingerprint density at radius 1 is 1.13 bits per heavy atom. The summed E-state index contributed by atoms with van der Waals surface area (Å²) in [4.78, 5) is 49.2. The molecule has 1 heterocycles. The molecule has 0 unspecified atom stereocenters. The predicted molar refractivity (Wildman–Crippen MR) is 107 cm³/mol. The van der Waals surface area contributed by atoms with Crippen molar-refractivity contribution in [3.63, 3.8) is 0 Å². The highest BCUT2D eigenvalue weighted by Gasteiger charge is 2.53. The van der Waals surface area contributed by atoms with Gasteiger partial charge in [0.15, 0.2) is 0 Å². The lowest BCUT2D eigenvalue weighted by Crippen LogP contribution is -2.56. The summed E-state index contributed by atoms with van der Waals surface area (Å²) >= 11 is 0. The highest BCUT2D eigenvalue weighted by Crippen LogP contribution is 2.61. The molecule has 1 atom stereocenters. The van der Waals surface area contributed by atoms with Gasteiger partial charge in [-0.25, -0.2) is 0 Å². The quantitative estimate of drug-likeness (QED) is 0.455. The molecule has 0 radical (unpaired) electrons. The Bertz CT molecular complexity index is 936. The Hall–Kier alpha value is -2.77. The van der Waals surface area contributed by atoms with Gasteiger partial charge in [-0.15, -0.1) is 0 Å². The number of imide groups is 1. The van der Waals surface area contributed by atoms with E-state index in [2.05, 4.69) is 12.2 Å². The Morgan fingerprint density at radius 3 is 2.27 bits per heavy atom. The van der Waals surface area contributed by atoms with E-state index in [1.165, 1.54) is 31.4 Å². The van der Waals surface area contributed by atoms with Gasteiger partial charge in [-0.2, -0.15) is 0 Å². The van der Waals surface area contributed by atoms with Gasteiger partial charge in [0.2, 0.25) is 5.91 Å². The molecule has 8 heteroatoms. The molecule has 0 spiro atoms. The lowest BCUT2D eigenvalue weighted by molar-refractivity contribution is -0.384. The van der Waals surface area contributed by atoms with Crippen molar-refractivity contribution in [3.05, 3.63) is 39.4 Å². The maximum Gasteiger partial charge on any atom is 0.270 e. The fourth-order valence-corrected chi connectivity index (χ4v) is 6.83. The lowest BCUT2D eigenvalue weighted by Gasteiger charge is -2.59. The molecule has 6 rings (SSSR count). The third-order valence-electron chi connectivity index (χ3n) is 7.85. The summed E-state index contributed by atoms with van der Waals surface area (Å²) in [6.45, 7) is 1.69. The molecule has 0 aromatic heterocycles. The van der Waals surface area contributed by atoms with Crippen molar-refractivity contribution >= 4 is 23.4 Å². The van der Waals surface area contributed by atoms with Crippen molar-refractivity contribution in [3.8, 4) is 0 Å². The lowest BCUT2D eigenvalue weighted by atomic mass is 9.48. The summed E-state index contributed by atoms with van der Waals surface area (Å²) in [5.41, 5.74) is -0.0344. The van der Waals surface area contributed by atoms with Crippen LogP contribution < -0.4 is 5.32 Å². The first-order valence-corrected chi connectivity index (χ1v) is 10.7. The first-order valence-electron chi connectivity index (χ1n) is 10.7. The fourth-order valence-electron chi connectivity index (χ4n) is 6.83. The van der Waals surface area contributed by atoms with E-state index >= 15 is 0 Å². The number of benzene rings is 1. The average molecular weight is 411 g/mol. The number of rotatable bonds is 5. The van der Waals surface area contributed by atoms with Crippen LogP contribution in [0, 0.1) is 33.3 Å². The third-order valence-corrected chi connectivity index (χ3v) is 7.85. The largest absolute Gasteiger partial charge is 0.352 e. The Kier molecular flexibility index (Phi) is 4.24. The molecule has 4 saturated carbocycles. The number of carbonyl (C=O) groups is 3. The number of amides is 3. The van der Waals surface area contributed by atoms with Gasteiger partial charge in [0.25, 0.3) is 17.5 Å². The van der Waals surface area contributed by atoms with E-state index in [1.807, 2.05) is 0 Å². The van der Waals surface area contributed by atoms with Crippen molar-refractivity contribution in [1.29, 1.82) is 0 Å². The zero-order chi connectivity index (χ0) is 21.2. The summed E-state index contributed by atoms with van der Waals surface area (Å²) in [6, 6.07) is 3.58. The highest BCUT2D eigenvalue weighted by molar-refractivity contribution is 6.22. The second-order valence-corrected chi connectivity index (χ2v) is 9.75. The summed E-state index contributed by atoms with van der Waals surface area (Å²) in [6.07, 6.45) is 7.41. The van der Waals surface area contributed by atoms with Gasteiger partial charge in [-0.3, -0.25) is 29.4 Å². The van der Waals surface area contributed by atoms with E-state index in [0.29, 0.717) is 0 Å². The Balaban J connectivity index is 1.27. The SMILES string of the molecule is C[C@H](NC(=O)CN1C(=O)c2ccc([N+](=O)[O-])cc2C1=O)C12CC3CC(CC(C3)C1)C2. The van der Waals surface area contributed by atoms with E-state index in [-0.39, 0.29) is 40.7 Å². The Morgan fingerprint density at radius 2 is 1.70 bits per heavy atom. The second kappa shape index (κ2) is 6.62. The monoisotopic (exact) mass is 411 g/mol. The number of nitro benzene ring substituents is 1. The van der Waals surface area contributed by atoms with Crippen LogP contribution in [0.15, 0.2) is 18.2 Å². The summed E-state index contributed by atoms with van der Waals surface area (Å²) in [5.74, 6) is 0.703. The maximum atomic E-state index is 12.8. The number of non-ortho nitro benzene ring substituents is 1. The number of hydrogen-bond acceptors (Lipinski definition) is 5. The summed E-state index contributed by atoms with van der Waals surface area (Å²) < 4.78 is 0. The van der Waals surface area contributed by atoms with E-state index in [4.69, 9.17) is 0 Å². The average Bonchev–Trinajstić information content (AvgIpc) is 2.91. The molecule has 3 amide bonds. The first kappa shape index (κ1) is 19.2. The van der Waals surface area contributed by atoms with Crippen LogP contribution in [0.5, 0.6) is 0 Å². The molecular formula is C22H25N3O5. The minimum Gasteiger partial charge on any atom is -0.352 e. The van der Waals surface area contributed by atoms with Gasteiger partial charge in [0.1, 0.15) is 6.54 Å². The van der Waals surface area contributed by atoms with Crippen LogP contribution in [-0.2, 0) is 4.79 Å². The van der Waals surface area contributed by atoms with Crippen LogP contribution in [0.2, 0.25) is 0 Å². The zero-order valence-electron chi connectivity index (χ0n) is 16.9. The van der Waals surface area contributed by atoms with Crippen molar-refractivity contribution < 1.29 is 19.3 Å². The molecule has 4 fully saturated rings. The van der Waals surface area contributed by atoms with E-state index < -0.39 is 16.7 Å². The zero-order valence-corrected chi connectivity index (χ0v) is 16.9. The van der Waals surface area contributed by atoms with Crippen LogP contribution in [0.25, 0.3) is 0 Å². The van der Waals surface area contributed by atoms with Crippen LogP contribution >= 0.6 is 0 Å². The Labute approximate surface area is 174 Å². The minimum absolute atomic E-state index is 0.00494. The van der Waals surface area contributed by atoms with E-state index in [1.54, 1.807) is 0 Å². The normalized spacial score (nSPS) is 32.3. The number of nitro groups is 1. The van der Waals surface area contributed by atoms with Gasteiger partial charge in [-0.1, -0.05) is 0 Å². The van der Waals surface area contributed by atoms with Gasteiger partial charge >= 0.3 is 0 Å². The number of nitrogens with zero attached hydrogens (tertiary/aromatic N) is 2. The number of nitrogens with one attached hydrogen (secondary N) is 1. The molecule has 0 saturated heterocycles. The van der Waals surface area contributed by atoms with Gasteiger partial charge in [-0.05, 0) is 74.7 Å². The molecule has 1 aromatic rings. The van der Waals surface area contributed by atoms with Crippen molar-refractivity contribution in [1.82, 2.24) is 10.2 Å². The molecule has 4 bridgehead atoms. The predicted octanol–water partition coefficient (Wildman–Crippen LogP) is 2.91. The van der Waals surface area contributed by atoms with Crippen LogP contribution in [0.1, 0.15) is 66.2 Å². The van der Waals surface area contributed by atoms with Crippen molar-refractivity contribution in [2.24, 2.45) is 23.2 Å². The summed E-state index contributed by atoms with van der Waals surface area (Å²) in [7, 11) is 0. The standard InChI is InChI=1S/C22H25N3O5/c1-12(22-8-13-4-14(9-22)6-15(5-13)10-22)23-19(26)11-24-20(27)17-3-2-16(25(29)30)7-18(17)21(24)28/h2-3,7,12-15H,4-6,8-11H2,1H3,(H,23,26)/t12-,13?,14?,15?,22?/m0/s1. The molecular weight excluding hydrogens is 386 g/mol. The van der Waals surface area contributed by atoms with Gasteiger partial charge < -0.3 is 5.32 Å². The van der Waals surface area contributed by atoms with Gasteiger partial charge in [0.05, 0.1) is 16.1 Å². The van der Waals surface area contributed by atoms with E-state index in [0.717, 1.165) is 48.0 Å². The molecule has 30 heavy (non-hydrogen) atoms.